The van der Waals surface area contributed by atoms with Gasteiger partial charge in [0.2, 0.25) is 5.91 Å². The fourth-order valence-electron chi connectivity index (χ4n) is 1.35. The number of rotatable bonds is 4. The van der Waals surface area contributed by atoms with Crippen molar-refractivity contribution in [2.45, 2.75) is 25.8 Å². The van der Waals surface area contributed by atoms with Crippen LogP contribution in [0.25, 0.3) is 0 Å². The molecule has 0 atom stereocenters. The zero-order valence-corrected chi connectivity index (χ0v) is 9.86. The minimum Gasteiger partial charge on any atom is -0.478 e. The standard InChI is InChI=1S/C12H16N2O3/c1-12(2,13)7-10(15)14-9-5-3-4-8(6-9)11(16)17/h3-6H,7,13H2,1-2H3,(H,14,15)(H,16,17). The largest absolute Gasteiger partial charge is 0.478 e. The Kier molecular flexibility index (Phi) is 3.85. The normalized spacial score (nSPS) is 11.0. The van der Waals surface area contributed by atoms with Crippen LogP contribution in [0.5, 0.6) is 0 Å². The monoisotopic (exact) mass is 236 g/mol. The van der Waals surface area contributed by atoms with E-state index in [-0.39, 0.29) is 17.9 Å². The molecule has 5 heteroatoms. The molecule has 0 radical (unpaired) electrons. The summed E-state index contributed by atoms with van der Waals surface area (Å²) in [5, 5.41) is 11.4. The SMILES string of the molecule is CC(C)(N)CC(=O)Nc1cccc(C(=O)O)c1. The third-order valence-corrected chi connectivity index (χ3v) is 2.01. The number of aromatic carboxylic acids is 1. The second-order valence-corrected chi connectivity index (χ2v) is 4.60. The highest BCUT2D eigenvalue weighted by Crippen LogP contribution is 2.12. The molecule has 4 N–H and O–H groups in total. The van der Waals surface area contributed by atoms with E-state index in [1.54, 1.807) is 26.0 Å². The molecular formula is C12H16N2O3. The Morgan fingerprint density at radius 2 is 2.06 bits per heavy atom. The van der Waals surface area contributed by atoms with Crippen LogP contribution in [0.15, 0.2) is 24.3 Å². The van der Waals surface area contributed by atoms with E-state index in [1.807, 2.05) is 0 Å². The molecule has 5 nitrogen and oxygen atoms in total. The van der Waals surface area contributed by atoms with Gasteiger partial charge in [0.05, 0.1) is 5.56 Å². The molecule has 0 spiro atoms. The van der Waals surface area contributed by atoms with Gasteiger partial charge in [-0.05, 0) is 32.0 Å². The van der Waals surface area contributed by atoms with Crippen LogP contribution in [0, 0.1) is 0 Å². The topological polar surface area (TPSA) is 92.4 Å². The Labute approximate surface area is 99.6 Å². The van der Waals surface area contributed by atoms with Crippen LogP contribution in [0.1, 0.15) is 30.6 Å². The molecule has 0 heterocycles. The van der Waals surface area contributed by atoms with Crippen LogP contribution in [0.4, 0.5) is 5.69 Å². The van der Waals surface area contributed by atoms with Crippen LogP contribution in [0.2, 0.25) is 0 Å². The molecule has 0 saturated carbocycles. The van der Waals surface area contributed by atoms with E-state index < -0.39 is 11.5 Å². The lowest BCUT2D eigenvalue weighted by Gasteiger charge is -2.17. The Hall–Kier alpha value is -1.88. The van der Waals surface area contributed by atoms with Crippen molar-refractivity contribution in [3.63, 3.8) is 0 Å². The number of hydrogen-bond acceptors (Lipinski definition) is 3. The average molecular weight is 236 g/mol. The second-order valence-electron chi connectivity index (χ2n) is 4.60. The number of carbonyl (C=O) groups is 2. The highest BCUT2D eigenvalue weighted by Gasteiger charge is 2.16. The minimum atomic E-state index is -1.03. The summed E-state index contributed by atoms with van der Waals surface area (Å²) in [5.41, 5.74) is 5.72. The molecule has 1 aromatic rings. The van der Waals surface area contributed by atoms with Crippen molar-refractivity contribution in [3.05, 3.63) is 29.8 Å². The summed E-state index contributed by atoms with van der Waals surface area (Å²) < 4.78 is 0. The smallest absolute Gasteiger partial charge is 0.335 e. The van der Waals surface area contributed by atoms with Crippen LogP contribution >= 0.6 is 0 Å². The van der Waals surface area contributed by atoms with E-state index in [0.29, 0.717) is 5.69 Å². The lowest BCUT2D eigenvalue weighted by atomic mass is 10.0. The van der Waals surface area contributed by atoms with Gasteiger partial charge in [-0.25, -0.2) is 4.79 Å². The molecule has 0 aliphatic heterocycles. The van der Waals surface area contributed by atoms with Gasteiger partial charge >= 0.3 is 5.97 Å². The van der Waals surface area contributed by atoms with Crippen LogP contribution < -0.4 is 11.1 Å². The van der Waals surface area contributed by atoms with Crippen molar-refractivity contribution in [2.24, 2.45) is 5.73 Å². The number of nitrogens with two attached hydrogens (primary N) is 1. The Bertz CT molecular complexity index is 436. The van der Waals surface area contributed by atoms with Gasteiger partial charge in [-0.15, -0.1) is 0 Å². The fourth-order valence-corrected chi connectivity index (χ4v) is 1.35. The van der Waals surface area contributed by atoms with E-state index in [4.69, 9.17) is 10.8 Å². The van der Waals surface area contributed by atoms with Crippen molar-refractivity contribution in [3.8, 4) is 0 Å². The maximum Gasteiger partial charge on any atom is 0.335 e. The quantitative estimate of drug-likeness (QED) is 0.737. The van der Waals surface area contributed by atoms with Gasteiger partial charge in [0.25, 0.3) is 0 Å². The lowest BCUT2D eigenvalue weighted by molar-refractivity contribution is -0.117. The first-order valence-electron chi connectivity index (χ1n) is 5.20. The molecule has 1 amide bonds. The number of hydrogen-bond donors (Lipinski definition) is 3. The average Bonchev–Trinajstić information content (AvgIpc) is 2.14. The summed E-state index contributed by atoms with van der Waals surface area (Å²) in [4.78, 5) is 22.3. The van der Waals surface area contributed by atoms with Crippen LogP contribution in [0.3, 0.4) is 0 Å². The first-order chi connectivity index (χ1) is 7.78. The first-order valence-corrected chi connectivity index (χ1v) is 5.20. The first kappa shape index (κ1) is 13.2. The molecule has 0 aromatic heterocycles. The molecule has 0 aliphatic rings. The number of amides is 1. The number of benzene rings is 1. The molecule has 0 saturated heterocycles. The second kappa shape index (κ2) is 4.97. The summed E-state index contributed by atoms with van der Waals surface area (Å²) in [6.45, 7) is 3.50. The highest BCUT2D eigenvalue weighted by atomic mass is 16.4. The number of carbonyl (C=O) groups excluding carboxylic acids is 1. The van der Waals surface area contributed by atoms with Gasteiger partial charge in [0.15, 0.2) is 0 Å². The molecular weight excluding hydrogens is 220 g/mol. The Balaban J connectivity index is 2.72. The van der Waals surface area contributed by atoms with Gasteiger partial charge in [-0.1, -0.05) is 6.07 Å². The summed E-state index contributed by atoms with van der Waals surface area (Å²) >= 11 is 0. The van der Waals surface area contributed by atoms with Gasteiger partial charge in [-0.2, -0.15) is 0 Å². The Morgan fingerprint density at radius 3 is 2.59 bits per heavy atom. The van der Waals surface area contributed by atoms with Gasteiger partial charge < -0.3 is 16.2 Å². The zero-order valence-electron chi connectivity index (χ0n) is 9.86. The van der Waals surface area contributed by atoms with Gasteiger partial charge in [0, 0.05) is 17.6 Å². The zero-order chi connectivity index (χ0) is 13.1. The fraction of sp³-hybridized carbons (Fsp3) is 0.333. The van der Waals surface area contributed by atoms with Crippen molar-refractivity contribution in [2.75, 3.05) is 5.32 Å². The summed E-state index contributed by atoms with van der Waals surface area (Å²) in [7, 11) is 0. The maximum atomic E-state index is 11.6. The third kappa shape index (κ3) is 4.65. The summed E-state index contributed by atoms with van der Waals surface area (Å²) in [6.07, 6.45) is 0.171. The molecule has 17 heavy (non-hydrogen) atoms. The molecule has 0 unspecified atom stereocenters. The molecule has 0 bridgehead atoms. The number of carboxylic acid groups (broad SMARTS) is 1. The number of anilines is 1. The van der Waals surface area contributed by atoms with E-state index in [2.05, 4.69) is 5.32 Å². The molecule has 1 rings (SSSR count). The van der Waals surface area contributed by atoms with Crippen molar-refractivity contribution < 1.29 is 14.7 Å². The Morgan fingerprint density at radius 1 is 1.41 bits per heavy atom. The maximum absolute atomic E-state index is 11.6. The highest BCUT2D eigenvalue weighted by molar-refractivity contribution is 5.94. The lowest BCUT2D eigenvalue weighted by Crippen LogP contribution is -2.36. The van der Waals surface area contributed by atoms with Crippen molar-refractivity contribution in [1.29, 1.82) is 0 Å². The van der Waals surface area contributed by atoms with Crippen LogP contribution in [-0.2, 0) is 4.79 Å². The van der Waals surface area contributed by atoms with Crippen LogP contribution in [-0.4, -0.2) is 22.5 Å². The van der Waals surface area contributed by atoms with E-state index in [1.165, 1.54) is 12.1 Å². The molecule has 92 valence electrons. The van der Waals surface area contributed by atoms with Crippen molar-refractivity contribution >= 4 is 17.6 Å². The predicted octanol–water partition coefficient (Wildman–Crippen LogP) is 1.45. The number of carboxylic acids is 1. The predicted molar refractivity (Wildman–Crippen MR) is 64.9 cm³/mol. The number of nitrogens with one attached hydrogen (secondary N) is 1. The van der Waals surface area contributed by atoms with Crippen molar-refractivity contribution in [1.82, 2.24) is 0 Å². The molecule has 0 aliphatic carbocycles. The van der Waals surface area contributed by atoms with E-state index >= 15 is 0 Å². The van der Waals surface area contributed by atoms with E-state index in [0.717, 1.165) is 0 Å². The third-order valence-electron chi connectivity index (χ3n) is 2.01. The summed E-state index contributed by atoms with van der Waals surface area (Å²) in [5.74, 6) is -1.26. The molecule has 0 fully saturated rings. The van der Waals surface area contributed by atoms with Gasteiger partial charge in [0.1, 0.15) is 0 Å². The minimum absolute atomic E-state index is 0.134. The van der Waals surface area contributed by atoms with Gasteiger partial charge in [-0.3, -0.25) is 4.79 Å². The van der Waals surface area contributed by atoms with E-state index in [9.17, 15) is 9.59 Å². The molecule has 1 aromatic carbocycles. The summed E-state index contributed by atoms with van der Waals surface area (Å²) in [6, 6.07) is 6.08.